The molecule has 3 rings (SSSR count). The zero-order valence-corrected chi connectivity index (χ0v) is 17.3. The maximum absolute atomic E-state index is 12.7. The summed E-state index contributed by atoms with van der Waals surface area (Å²) in [6.07, 6.45) is -2.83. The first-order valence-electron chi connectivity index (χ1n) is 10.4. The molecule has 0 saturated carbocycles. The van der Waals surface area contributed by atoms with Crippen molar-refractivity contribution in [2.45, 2.75) is 31.5 Å². The number of alkyl halides is 3. The second-order valence-corrected chi connectivity index (χ2v) is 7.50. The van der Waals surface area contributed by atoms with Crippen molar-refractivity contribution in [3.63, 3.8) is 0 Å². The number of nitrogens with one attached hydrogen (secondary N) is 2. The predicted molar refractivity (Wildman–Crippen MR) is 112 cm³/mol. The highest BCUT2D eigenvalue weighted by atomic mass is 19.4. The van der Waals surface area contributed by atoms with Crippen LogP contribution >= 0.6 is 0 Å². The summed E-state index contributed by atoms with van der Waals surface area (Å²) in [4.78, 5) is 38.7. The number of carbonyl (C=O) groups is 3. The Morgan fingerprint density at radius 1 is 0.906 bits per heavy atom. The van der Waals surface area contributed by atoms with E-state index < -0.39 is 23.7 Å². The van der Waals surface area contributed by atoms with Gasteiger partial charge in [-0.2, -0.15) is 13.2 Å². The zero-order chi connectivity index (χ0) is 23.1. The van der Waals surface area contributed by atoms with Crippen LogP contribution in [0.2, 0.25) is 0 Å². The van der Waals surface area contributed by atoms with E-state index in [9.17, 15) is 27.6 Å². The molecule has 170 valence electrons. The summed E-state index contributed by atoms with van der Waals surface area (Å²) < 4.78 is 38.2. The topological polar surface area (TPSA) is 78.5 Å². The lowest BCUT2D eigenvalue weighted by Gasteiger charge is -2.24. The number of amides is 3. The van der Waals surface area contributed by atoms with Gasteiger partial charge in [-0.1, -0.05) is 18.2 Å². The number of hydrogen-bond acceptors (Lipinski definition) is 3. The van der Waals surface area contributed by atoms with Gasteiger partial charge in [0.1, 0.15) is 6.04 Å². The average molecular weight is 447 g/mol. The molecule has 0 aromatic heterocycles. The van der Waals surface area contributed by atoms with Crippen LogP contribution in [-0.2, 0) is 11.0 Å². The Balaban J connectivity index is 1.46. The van der Waals surface area contributed by atoms with Gasteiger partial charge in [0, 0.05) is 30.8 Å². The fourth-order valence-corrected chi connectivity index (χ4v) is 3.56. The van der Waals surface area contributed by atoms with Gasteiger partial charge in [-0.3, -0.25) is 14.4 Å². The molecule has 0 unspecified atom stereocenters. The molecule has 2 aromatic rings. The highest BCUT2D eigenvalue weighted by Crippen LogP contribution is 2.29. The van der Waals surface area contributed by atoms with Crippen molar-refractivity contribution in [3.05, 3.63) is 71.3 Å². The van der Waals surface area contributed by atoms with Gasteiger partial charge in [-0.25, -0.2) is 0 Å². The summed E-state index contributed by atoms with van der Waals surface area (Å²) in [7, 11) is 0. The maximum atomic E-state index is 12.7. The Bertz CT molecular complexity index is 946. The monoisotopic (exact) mass is 447 g/mol. The van der Waals surface area contributed by atoms with E-state index in [0.717, 1.165) is 24.3 Å². The van der Waals surface area contributed by atoms with Crippen LogP contribution in [-0.4, -0.2) is 48.3 Å². The molecule has 0 aliphatic carbocycles. The normalized spacial score (nSPS) is 16.0. The molecule has 0 spiro atoms. The lowest BCUT2D eigenvalue weighted by Crippen LogP contribution is -2.46. The number of benzene rings is 2. The summed E-state index contributed by atoms with van der Waals surface area (Å²) in [5, 5.41) is 5.54. The van der Waals surface area contributed by atoms with Crippen LogP contribution in [0.1, 0.15) is 45.5 Å². The highest BCUT2D eigenvalue weighted by molar-refractivity contribution is 5.98. The Hall–Kier alpha value is -3.36. The van der Waals surface area contributed by atoms with Crippen molar-refractivity contribution in [3.8, 4) is 0 Å². The molecular weight excluding hydrogens is 423 g/mol. The molecule has 1 aliphatic heterocycles. The number of likely N-dealkylation sites (tertiary alicyclic amines) is 1. The molecule has 1 atom stereocenters. The van der Waals surface area contributed by atoms with Crippen LogP contribution in [0.3, 0.4) is 0 Å². The van der Waals surface area contributed by atoms with Crippen molar-refractivity contribution in [2.75, 3.05) is 19.6 Å². The van der Waals surface area contributed by atoms with Crippen molar-refractivity contribution in [1.82, 2.24) is 15.5 Å². The first-order chi connectivity index (χ1) is 15.3. The Kier molecular flexibility index (Phi) is 7.50. The largest absolute Gasteiger partial charge is 0.416 e. The molecule has 0 bridgehead atoms. The molecule has 9 heteroatoms. The van der Waals surface area contributed by atoms with Crippen LogP contribution in [0, 0.1) is 0 Å². The van der Waals surface area contributed by atoms with E-state index in [0.29, 0.717) is 44.5 Å². The molecule has 32 heavy (non-hydrogen) atoms. The van der Waals surface area contributed by atoms with Gasteiger partial charge in [0.2, 0.25) is 5.91 Å². The van der Waals surface area contributed by atoms with E-state index in [1.165, 1.54) is 4.90 Å². The van der Waals surface area contributed by atoms with Gasteiger partial charge in [0.05, 0.1) is 5.56 Å². The van der Waals surface area contributed by atoms with E-state index in [4.69, 9.17) is 0 Å². The molecular formula is C23H24F3N3O3. The van der Waals surface area contributed by atoms with Crippen molar-refractivity contribution < 1.29 is 27.6 Å². The number of rotatable bonds is 7. The van der Waals surface area contributed by atoms with Gasteiger partial charge in [0.25, 0.3) is 11.8 Å². The molecule has 0 radical (unpaired) electrons. The first-order valence-corrected chi connectivity index (χ1v) is 10.4. The van der Waals surface area contributed by atoms with Crippen LogP contribution in [0.15, 0.2) is 54.6 Å². The minimum Gasteiger partial charge on any atom is -0.354 e. The third-order valence-corrected chi connectivity index (χ3v) is 5.25. The van der Waals surface area contributed by atoms with E-state index in [1.807, 2.05) is 6.07 Å². The minimum absolute atomic E-state index is 0.112. The van der Waals surface area contributed by atoms with Crippen LogP contribution in [0.25, 0.3) is 0 Å². The summed E-state index contributed by atoms with van der Waals surface area (Å²) >= 11 is 0. The Morgan fingerprint density at radius 3 is 2.22 bits per heavy atom. The molecule has 2 aromatic carbocycles. The summed E-state index contributed by atoms with van der Waals surface area (Å²) in [6, 6.07) is 12.1. The average Bonchev–Trinajstić information content (AvgIpc) is 3.28. The van der Waals surface area contributed by atoms with E-state index in [1.54, 1.807) is 24.3 Å². The van der Waals surface area contributed by atoms with Crippen molar-refractivity contribution >= 4 is 17.7 Å². The Morgan fingerprint density at radius 2 is 1.56 bits per heavy atom. The number of carbonyl (C=O) groups excluding carboxylic acids is 3. The number of nitrogens with zero attached hydrogens (tertiary/aromatic N) is 1. The third-order valence-electron chi connectivity index (χ3n) is 5.25. The number of halogens is 3. The molecule has 1 saturated heterocycles. The quantitative estimate of drug-likeness (QED) is 0.640. The summed E-state index contributed by atoms with van der Waals surface area (Å²) in [6.45, 7) is 1.07. The summed E-state index contributed by atoms with van der Waals surface area (Å²) in [5.41, 5.74) is -0.162. The molecule has 2 N–H and O–H groups in total. The second-order valence-electron chi connectivity index (χ2n) is 7.50. The van der Waals surface area contributed by atoms with Gasteiger partial charge >= 0.3 is 6.18 Å². The van der Waals surface area contributed by atoms with E-state index >= 15 is 0 Å². The lowest BCUT2D eigenvalue weighted by molar-refractivity contribution is -0.137. The molecule has 3 amide bonds. The van der Waals surface area contributed by atoms with Gasteiger partial charge in [-0.15, -0.1) is 0 Å². The SMILES string of the molecule is O=C(NCCCNC(=O)[C@H]1CCCN1C(=O)c1ccc(C(F)(F)F)cc1)c1ccccc1. The molecule has 1 aliphatic rings. The predicted octanol–water partition coefficient (Wildman–Crippen LogP) is 3.25. The molecule has 1 fully saturated rings. The smallest absolute Gasteiger partial charge is 0.354 e. The van der Waals surface area contributed by atoms with Crippen molar-refractivity contribution in [2.24, 2.45) is 0 Å². The minimum atomic E-state index is -4.47. The van der Waals surface area contributed by atoms with Gasteiger partial charge < -0.3 is 15.5 Å². The zero-order valence-electron chi connectivity index (χ0n) is 17.3. The van der Waals surface area contributed by atoms with Crippen LogP contribution in [0.5, 0.6) is 0 Å². The van der Waals surface area contributed by atoms with Crippen LogP contribution in [0.4, 0.5) is 13.2 Å². The standard InChI is InChI=1S/C23H24F3N3O3/c24-23(25,26)18-11-9-17(10-12-18)22(32)29-15-4-8-19(29)21(31)28-14-5-13-27-20(30)16-6-2-1-3-7-16/h1-3,6-7,9-12,19H,4-5,8,13-15H2,(H,27,30)(H,28,31)/t19-/m1/s1. The van der Waals surface area contributed by atoms with Gasteiger partial charge in [-0.05, 0) is 55.7 Å². The maximum Gasteiger partial charge on any atom is 0.416 e. The van der Waals surface area contributed by atoms with Crippen molar-refractivity contribution in [1.29, 1.82) is 0 Å². The first kappa shape index (κ1) is 23.3. The van der Waals surface area contributed by atoms with Crippen LogP contribution < -0.4 is 10.6 Å². The molecule has 1 heterocycles. The van der Waals surface area contributed by atoms with E-state index in [-0.39, 0.29) is 17.4 Å². The Labute approximate surface area is 183 Å². The summed E-state index contributed by atoms with van der Waals surface area (Å²) in [5.74, 6) is -0.968. The number of hydrogen-bond donors (Lipinski definition) is 2. The second kappa shape index (κ2) is 10.3. The fourth-order valence-electron chi connectivity index (χ4n) is 3.56. The van der Waals surface area contributed by atoms with Gasteiger partial charge in [0.15, 0.2) is 0 Å². The molecule has 6 nitrogen and oxygen atoms in total. The highest BCUT2D eigenvalue weighted by Gasteiger charge is 2.35. The lowest BCUT2D eigenvalue weighted by atomic mass is 10.1. The third kappa shape index (κ3) is 5.87. The van der Waals surface area contributed by atoms with E-state index in [2.05, 4.69) is 10.6 Å². The fraction of sp³-hybridized carbons (Fsp3) is 0.348.